The second-order valence-corrected chi connectivity index (χ2v) is 6.55. The van der Waals surface area contributed by atoms with Crippen molar-refractivity contribution in [1.29, 1.82) is 0 Å². The molecule has 22 heavy (non-hydrogen) atoms. The van der Waals surface area contributed by atoms with Gasteiger partial charge in [-0.3, -0.25) is 14.7 Å². The molecule has 1 saturated heterocycles. The van der Waals surface area contributed by atoms with E-state index in [0.29, 0.717) is 5.56 Å². The Morgan fingerprint density at radius 2 is 2.05 bits per heavy atom. The predicted molar refractivity (Wildman–Crippen MR) is 87.2 cm³/mol. The topological polar surface area (TPSA) is 66.5 Å². The molecule has 0 radical (unpaired) electrons. The second kappa shape index (κ2) is 7.56. The molecule has 0 atom stereocenters. The quantitative estimate of drug-likeness (QED) is 0.860. The Balaban J connectivity index is 1.84. The number of rotatable bonds is 5. The third-order valence-electron chi connectivity index (χ3n) is 3.35. The first-order chi connectivity index (χ1) is 10.4. The number of hydrogen-bond donors (Lipinski definition) is 2. The summed E-state index contributed by atoms with van der Waals surface area (Å²) in [5, 5.41) is 6.27. The number of hydrogen-bond acceptors (Lipinski definition) is 5. The minimum atomic E-state index is -0.253. The van der Waals surface area contributed by atoms with Gasteiger partial charge in [-0.05, 0) is 26.8 Å². The maximum Gasteiger partial charge on any atom is 0.253 e. The van der Waals surface area contributed by atoms with Crippen molar-refractivity contribution >= 4 is 11.6 Å². The van der Waals surface area contributed by atoms with E-state index in [1.54, 1.807) is 12.4 Å². The van der Waals surface area contributed by atoms with Crippen LogP contribution in [0.15, 0.2) is 18.5 Å². The number of nitrogens with one attached hydrogen (secondary N) is 2. The molecular formula is C16H26N4O2. The molecule has 6 nitrogen and oxygen atoms in total. The van der Waals surface area contributed by atoms with Crippen molar-refractivity contribution in [1.82, 2.24) is 15.2 Å². The van der Waals surface area contributed by atoms with Crippen LogP contribution >= 0.6 is 0 Å². The van der Waals surface area contributed by atoms with Crippen molar-refractivity contribution in [3.8, 4) is 0 Å². The number of carbonyl (C=O) groups excluding carboxylic acids is 1. The lowest BCUT2D eigenvalue weighted by molar-refractivity contribution is 0.0398. The highest BCUT2D eigenvalue weighted by atomic mass is 16.5. The number of aromatic nitrogens is 1. The molecule has 1 amide bonds. The number of ether oxygens (including phenoxy) is 1. The summed E-state index contributed by atoms with van der Waals surface area (Å²) in [6, 6.07) is 1.84. The van der Waals surface area contributed by atoms with Gasteiger partial charge in [-0.15, -0.1) is 0 Å². The first-order valence-corrected chi connectivity index (χ1v) is 7.75. The number of morpholine rings is 1. The SMILES string of the molecule is CC(C)(C)NC(=O)c1cncc(NCCN2CCOCC2)c1. The summed E-state index contributed by atoms with van der Waals surface area (Å²) in [6.45, 7) is 11.2. The van der Waals surface area contributed by atoms with Crippen LogP contribution in [0.3, 0.4) is 0 Å². The van der Waals surface area contributed by atoms with Crippen molar-refractivity contribution in [2.45, 2.75) is 26.3 Å². The highest BCUT2D eigenvalue weighted by Gasteiger charge is 2.16. The molecule has 2 N–H and O–H groups in total. The van der Waals surface area contributed by atoms with E-state index < -0.39 is 0 Å². The molecule has 1 aliphatic rings. The average Bonchev–Trinajstić information content (AvgIpc) is 2.47. The Kier molecular flexibility index (Phi) is 5.74. The van der Waals surface area contributed by atoms with Gasteiger partial charge in [0.25, 0.3) is 5.91 Å². The van der Waals surface area contributed by atoms with E-state index in [1.165, 1.54) is 0 Å². The zero-order chi connectivity index (χ0) is 16.0. The molecule has 0 spiro atoms. The Labute approximate surface area is 132 Å². The lowest BCUT2D eigenvalue weighted by Gasteiger charge is -2.26. The summed E-state index contributed by atoms with van der Waals surface area (Å²) in [5.74, 6) is -0.100. The molecule has 2 heterocycles. The summed E-state index contributed by atoms with van der Waals surface area (Å²) in [6.07, 6.45) is 3.33. The van der Waals surface area contributed by atoms with Crippen molar-refractivity contribution in [2.24, 2.45) is 0 Å². The highest BCUT2D eigenvalue weighted by molar-refractivity contribution is 5.95. The fourth-order valence-electron chi connectivity index (χ4n) is 2.26. The molecule has 0 bridgehead atoms. The van der Waals surface area contributed by atoms with Crippen LogP contribution in [-0.4, -0.2) is 60.7 Å². The van der Waals surface area contributed by atoms with Gasteiger partial charge in [0, 0.05) is 44.1 Å². The van der Waals surface area contributed by atoms with E-state index in [4.69, 9.17) is 4.74 Å². The van der Waals surface area contributed by atoms with E-state index in [9.17, 15) is 4.79 Å². The summed E-state index contributed by atoms with van der Waals surface area (Å²) in [7, 11) is 0. The second-order valence-electron chi connectivity index (χ2n) is 6.55. The van der Waals surface area contributed by atoms with Gasteiger partial charge in [0.1, 0.15) is 0 Å². The minimum absolute atomic E-state index is 0.100. The molecule has 122 valence electrons. The maximum absolute atomic E-state index is 12.1. The summed E-state index contributed by atoms with van der Waals surface area (Å²) in [4.78, 5) is 18.6. The standard InChI is InChI=1S/C16H26N4O2/c1-16(2,3)19-15(21)13-10-14(12-17-11-13)18-4-5-20-6-8-22-9-7-20/h10-12,18H,4-9H2,1-3H3,(H,19,21). The summed E-state index contributed by atoms with van der Waals surface area (Å²) >= 11 is 0. The number of pyridine rings is 1. The lowest BCUT2D eigenvalue weighted by Crippen LogP contribution is -2.40. The zero-order valence-corrected chi connectivity index (χ0v) is 13.7. The Morgan fingerprint density at radius 1 is 1.32 bits per heavy atom. The van der Waals surface area contributed by atoms with E-state index in [1.807, 2.05) is 26.8 Å². The van der Waals surface area contributed by atoms with Crippen LogP contribution in [0.25, 0.3) is 0 Å². The van der Waals surface area contributed by atoms with E-state index in [-0.39, 0.29) is 11.4 Å². The van der Waals surface area contributed by atoms with Gasteiger partial charge >= 0.3 is 0 Å². The molecule has 0 aliphatic carbocycles. The van der Waals surface area contributed by atoms with Crippen molar-refractivity contribution in [2.75, 3.05) is 44.7 Å². The van der Waals surface area contributed by atoms with Crippen LogP contribution in [0.4, 0.5) is 5.69 Å². The molecule has 2 rings (SSSR count). The van der Waals surface area contributed by atoms with E-state index >= 15 is 0 Å². The van der Waals surface area contributed by atoms with Gasteiger partial charge in [0.15, 0.2) is 0 Å². The molecular weight excluding hydrogens is 280 g/mol. The van der Waals surface area contributed by atoms with Crippen LogP contribution in [-0.2, 0) is 4.74 Å². The molecule has 0 aromatic carbocycles. The van der Waals surface area contributed by atoms with E-state index in [2.05, 4.69) is 20.5 Å². The van der Waals surface area contributed by atoms with Crippen molar-refractivity contribution in [3.63, 3.8) is 0 Å². The molecule has 0 saturated carbocycles. The lowest BCUT2D eigenvalue weighted by atomic mass is 10.1. The molecule has 1 aromatic heterocycles. The Bertz CT molecular complexity index is 493. The summed E-state index contributed by atoms with van der Waals surface area (Å²) in [5.41, 5.74) is 1.19. The van der Waals surface area contributed by atoms with Crippen LogP contribution in [0.2, 0.25) is 0 Å². The monoisotopic (exact) mass is 306 g/mol. The van der Waals surface area contributed by atoms with Gasteiger partial charge in [0.05, 0.1) is 24.5 Å². The normalized spacial score (nSPS) is 16.3. The first kappa shape index (κ1) is 16.7. The number of anilines is 1. The van der Waals surface area contributed by atoms with Crippen LogP contribution in [0, 0.1) is 0 Å². The number of carbonyl (C=O) groups is 1. The predicted octanol–water partition coefficient (Wildman–Crippen LogP) is 1.35. The molecule has 0 unspecified atom stereocenters. The fourth-order valence-corrected chi connectivity index (χ4v) is 2.26. The third-order valence-corrected chi connectivity index (χ3v) is 3.35. The van der Waals surface area contributed by atoms with E-state index in [0.717, 1.165) is 45.1 Å². The largest absolute Gasteiger partial charge is 0.382 e. The Hall–Kier alpha value is -1.66. The van der Waals surface area contributed by atoms with Gasteiger partial charge in [-0.1, -0.05) is 0 Å². The van der Waals surface area contributed by atoms with Gasteiger partial charge in [0.2, 0.25) is 0 Å². The maximum atomic E-state index is 12.1. The fraction of sp³-hybridized carbons (Fsp3) is 0.625. The molecule has 1 fully saturated rings. The van der Waals surface area contributed by atoms with Crippen LogP contribution in [0.5, 0.6) is 0 Å². The van der Waals surface area contributed by atoms with Gasteiger partial charge in [-0.2, -0.15) is 0 Å². The Morgan fingerprint density at radius 3 is 2.73 bits per heavy atom. The van der Waals surface area contributed by atoms with Crippen molar-refractivity contribution in [3.05, 3.63) is 24.0 Å². The summed E-state index contributed by atoms with van der Waals surface area (Å²) < 4.78 is 5.33. The zero-order valence-electron chi connectivity index (χ0n) is 13.7. The first-order valence-electron chi connectivity index (χ1n) is 7.75. The van der Waals surface area contributed by atoms with Gasteiger partial charge < -0.3 is 15.4 Å². The highest BCUT2D eigenvalue weighted by Crippen LogP contribution is 2.10. The van der Waals surface area contributed by atoms with Crippen LogP contribution in [0.1, 0.15) is 31.1 Å². The number of nitrogens with zero attached hydrogens (tertiary/aromatic N) is 2. The van der Waals surface area contributed by atoms with Crippen LogP contribution < -0.4 is 10.6 Å². The number of amides is 1. The average molecular weight is 306 g/mol. The van der Waals surface area contributed by atoms with Gasteiger partial charge in [-0.25, -0.2) is 0 Å². The molecule has 6 heteroatoms. The molecule has 1 aromatic rings. The molecule has 1 aliphatic heterocycles. The minimum Gasteiger partial charge on any atom is -0.382 e. The third kappa shape index (κ3) is 5.61. The van der Waals surface area contributed by atoms with Crippen molar-refractivity contribution < 1.29 is 9.53 Å². The smallest absolute Gasteiger partial charge is 0.253 e.